The summed E-state index contributed by atoms with van der Waals surface area (Å²) in [5.74, 6) is 0.587. The zero-order valence-electron chi connectivity index (χ0n) is 14.3. The van der Waals surface area contributed by atoms with Crippen molar-refractivity contribution in [3.05, 3.63) is 34.9 Å². The van der Waals surface area contributed by atoms with Crippen molar-refractivity contribution in [2.24, 2.45) is 10.7 Å². The Labute approximate surface area is 171 Å². The van der Waals surface area contributed by atoms with Gasteiger partial charge in [-0.1, -0.05) is 29.8 Å². The predicted octanol–water partition coefficient (Wildman–Crippen LogP) is 1.98. The zero-order chi connectivity index (χ0) is 16.8. The van der Waals surface area contributed by atoms with E-state index in [0.717, 1.165) is 50.0 Å². The van der Waals surface area contributed by atoms with E-state index in [2.05, 4.69) is 20.9 Å². The second-order valence-corrected chi connectivity index (χ2v) is 6.39. The van der Waals surface area contributed by atoms with Gasteiger partial charge in [0, 0.05) is 31.2 Å². The highest BCUT2D eigenvalue weighted by molar-refractivity contribution is 14.0. The van der Waals surface area contributed by atoms with E-state index in [9.17, 15) is 0 Å². The summed E-state index contributed by atoms with van der Waals surface area (Å²) in [5.41, 5.74) is 7.28. The molecule has 2 N–H and O–H groups in total. The number of hydrogen-bond donors (Lipinski definition) is 1. The van der Waals surface area contributed by atoms with Gasteiger partial charge in [0.25, 0.3) is 0 Å². The number of morpholine rings is 2. The molecule has 0 amide bonds. The quantitative estimate of drug-likeness (QED) is 0.406. The lowest BCUT2D eigenvalue weighted by Gasteiger charge is -2.35. The second-order valence-electron chi connectivity index (χ2n) is 5.98. The molecule has 2 aliphatic heterocycles. The van der Waals surface area contributed by atoms with Gasteiger partial charge in [0.1, 0.15) is 0 Å². The van der Waals surface area contributed by atoms with Crippen LogP contribution in [0, 0.1) is 0 Å². The first-order valence-corrected chi connectivity index (χ1v) is 8.82. The number of rotatable bonds is 4. The van der Waals surface area contributed by atoms with Crippen LogP contribution in [-0.4, -0.2) is 74.9 Å². The zero-order valence-corrected chi connectivity index (χ0v) is 17.4. The van der Waals surface area contributed by atoms with Gasteiger partial charge < -0.3 is 20.1 Å². The molecule has 3 rings (SSSR count). The van der Waals surface area contributed by atoms with Crippen molar-refractivity contribution < 1.29 is 9.47 Å². The molecule has 25 heavy (non-hydrogen) atoms. The third-order valence-corrected chi connectivity index (χ3v) is 4.86. The molecule has 0 saturated carbocycles. The Morgan fingerprint density at radius 2 is 1.68 bits per heavy atom. The molecule has 0 aliphatic carbocycles. The average molecular weight is 481 g/mol. The summed E-state index contributed by atoms with van der Waals surface area (Å²) in [5, 5.41) is 0.772. The van der Waals surface area contributed by atoms with Crippen LogP contribution in [0.3, 0.4) is 0 Å². The van der Waals surface area contributed by atoms with Crippen LogP contribution in [0.2, 0.25) is 5.02 Å². The molecular weight excluding hydrogens is 455 g/mol. The maximum atomic E-state index is 6.44. The number of guanidine groups is 1. The van der Waals surface area contributed by atoms with Crippen LogP contribution >= 0.6 is 35.6 Å². The maximum Gasteiger partial charge on any atom is 0.191 e. The molecule has 2 fully saturated rings. The van der Waals surface area contributed by atoms with Crippen molar-refractivity contribution in [2.75, 3.05) is 59.2 Å². The third kappa shape index (κ3) is 5.68. The number of benzene rings is 1. The molecule has 1 unspecified atom stereocenters. The van der Waals surface area contributed by atoms with Gasteiger partial charge in [-0.15, -0.1) is 24.0 Å². The highest BCUT2D eigenvalue weighted by Gasteiger charge is 2.24. The highest BCUT2D eigenvalue weighted by atomic mass is 127. The second kappa shape index (κ2) is 10.5. The van der Waals surface area contributed by atoms with Crippen LogP contribution in [0.25, 0.3) is 0 Å². The lowest BCUT2D eigenvalue weighted by molar-refractivity contribution is 0.0178. The topological polar surface area (TPSA) is 63.3 Å². The van der Waals surface area contributed by atoms with Crippen LogP contribution in [0.1, 0.15) is 11.6 Å². The standard InChI is InChI=1S/C17H25ClN4O2.HI/c18-15-4-2-1-3-14(15)16(21-5-9-23-10-6-21)13-20-17(19)22-7-11-24-12-8-22;/h1-4,16H,5-13H2,(H2,19,20);1H. The first-order chi connectivity index (χ1) is 11.8. The molecule has 2 aliphatic rings. The van der Waals surface area contributed by atoms with Crippen molar-refractivity contribution >= 4 is 41.5 Å². The van der Waals surface area contributed by atoms with Crippen LogP contribution in [0.5, 0.6) is 0 Å². The lowest BCUT2D eigenvalue weighted by Crippen LogP contribution is -2.45. The van der Waals surface area contributed by atoms with Gasteiger partial charge in [-0.3, -0.25) is 9.89 Å². The molecule has 8 heteroatoms. The fourth-order valence-corrected chi connectivity index (χ4v) is 3.38. The highest BCUT2D eigenvalue weighted by Crippen LogP contribution is 2.28. The van der Waals surface area contributed by atoms with E-state index in [1.54, 1.807) is 0 Å². The molecule has 2 saturated heterocycles. The van der Waals surface area contributed by atoms with Crippen LogP contribution in [-0.2, 0) is 9.47 Å². The molecule has 0 spiro atoms. The summed E-state index contributed by atoms with van der Waals surface area (Å²) in [4.78, 5) is 9.12. The minimum absolute atomic E-state index is 0. The number of halogens is 2. The molecule has 6 nitrogen and oxygen atoms in total. The van der Waals surface area contributed by atoms with Crippen molar-refractivity contribution in [2.45, 2.75) is 6.04 Å². The fourth-order valence-electron chi connectivity index (χ4n) is 3.12. The summed E-state index contributed by atoms with van der Waals surface area (Å²) in [7, 11) is 0. The summed E-state index contributed by atoms with van der Waals surface area (Å²) in [6, 6.07) is 8.08. The van der Waals surface area contributed by atoms with Crippen LogP contribution in [0.15, 0.2) is 29.3 Å². The van der Waals surface area contributed by atoms with E-state index in [0.29, 0.717) is 25.7 Å². The molecule has 140 valence electrons. The Morgan fingerprint density at radius 1 is 1.08 bits per heavy atom. The van der Waals surface area contributed by atoms with Crippen LogP contribution in [0.4, 0.5) is 0 Å². The largest absolute Gasteiger partial charge is 0.379 e. The van der Waals surface area contributed by atoms with E-state index in [-0.39, 0.29) is 30.0 Å². The first kappa shape index (κ1) is 20.7. The minimum Gasteiger partial charge on any atom is -0.379 e. The van der Waals surface area contributed by atoms with E-state index >= 15 is 0 Å². The SMILES string of the molecule is I.NC(=NCC(c1ccccc1Cl)N1CCOCC1)N1CCOCC1. The summed E-state index contributed by atoms with van der Waals surface area (Å²) < 4.78 is 10.8. The first-order valence-electron chi connectivity index (χ1n) is 8.44. The molecule has 2 heterocycles. The number of nitrogens with two attached hydrogens (primary N) is 1. The van der Waals surface area contributed by atoms with Gasteiger partial charge in [0.05, 0.1) is 39.0 Å². The summed E-state index contributed by atoms with van der Waals surface area (Å²) >= 11 is 6.44. The van der Waals surface area contributed by atoms with Gasteiger partial charge >= 0.3 is 0 Å². The average Bonchev–Trinajstić information content (AvgIpc) is 2.65. The molecule has 0 radical (unpaired) electrons. The third-order valence-electron chi connectivity index (χ3n) is 4.51. The van der Waals surface area contributed by atoms with Gasteiger partial charge in [-0.25, -0.2) is 0 Å². The number of hydrogen-bond acceptors (Lipinski definition) is 4. The van der Waals surface area contributed by atoms with E-state index in [4.69, 9.17) is 26.8 Å². The Hall–Kier alpha value is -0.610. The smallest absolute Gasteiger partial charge is 0.191 e. The maximum absolute atomic E-state index is 6.44. The normalized spacial score (nSPS) is 20.8. The Morgan fingerprint density at radius 3 is 2.32 bits per heavy atom. The summed E-state index contributed by atoms with van der Waals surface area (Å²) in [6.07, 6.45) is 0. The minimum atomic E-state index is 0. The van der Waals surface area contributed by atoms with E-state index < -0.39 is 0 Å². The van der Waals surface area contributed by atoms with Crippen molar-refractivity contribution in [1.82, 2.24) is 9.80 Å². The molecule has 1 atom stereocenters. The van der Waals surface area contributed by atoms with Crippen LogP contribution < -0.4 is 5.73 Å². The summed E-state index contributed by atoms with van der Waals surface area (Å²) in [6.45, 7) is 6.82. The van der Waals surface area contributed by atoms with Gasteiger partial charge in [-0.05, 0) is 11.6 Å². The Bertz CT molecular complexity index is 563. The monoisotopic (exact) mass is 480 g/mol. The van der Waals surface area contributed by atoms with Gasteiger partial charge in [0.2, 0.25) is 0 Å². The predicted molar refractivity (Wildman–Crippen MR) is 111 cm³/mol. The van der Waals surface area contributed by atoms with E-state index in [1.165, 1.54) is 0 Å². The number of nitrogens with zero attached hydrogens (tertiary/aromatic N) is 3. The molecular formula is C17H26ClIN4O2. The molecule has 0 bridgehead atoms. The lowest BCUT2D eigenvalue weighted by atomic mass is 10.0. The van der Waals surface area contributed by atoms with Crippen molar-refractivity contribution in [1.29, 1.82) is 0 Å². The molecule has 1 aromatic rings. The van der Waals surface area contributed by atoms with Crippen molar-refractivity contribution in [3.8, 4) is 0 Å². The fraction of sp³-hybridized carbons (Fsp3) is 0.588. The van der Waals surface area contributed by atoms with Gasteiger partial charge in [-0.2, -0.15) is 0 Å². The van der Waals surface area contributed by atoms with Crippen molar-refractivity contribution in [3.63, 3.8) is 0 Å². The Balaban J connectivity index is 0.00000225. The number of ether oxygens (including phenoxy) is 2. The molecule has 0 aromatic heterocycles. The Kier molecular flexibility index (Phi) is 8.71. The van der Waals surface area contributed by atoms with Gasteiger partial charge in [0.15, 0.2) is 5.96 Å². The molecule has 1 aromatic carbocycles. The number of aliphatic imine (C=N–C) groups is 1. The van der Waals surface area contributed by atoms with E-state index in [1.807, 2.05) is 18.2 Å².